The van der Waals surface area contributed by atoms with Gasteiger partial charge in [0.15, 0.2) is 17.3 Å². The number of Topliss-reactive ketones (excluding diaryl/α,β-unsaturated/α-hetero) is 1. The number of ketones is 1. The lowest BCUT2D eigenvalue weighted by molar-refractivity contribution is -0.116. The maximum atomic E-state index is 14.8. The summed E-state index contributed by atoms with van der Waals surface area (Å²) in [4.78, 5) is 17.7. The maximum absolute atomic E-state index is 14.8. The number of fused-ring (bicyclic) bond motifs is 1. The van der Waals surface area contributed by atoms with Crippen molar-refractivity contribution in [3.63, 3.8) is 0 Å². The lowest BCUT2D eigenvalue weighted by Gasteiger charge is -2.35. The molecule has 1 aromatic heterocycles. The summed E-state index contributed by atoms with van der Waals surface area (Å²) in [6.45, 7) is 0. The van der Waals surface area contributed by atoms with Gasteiger partial charge in [0.25, 0.3) is 0 Å². The molecule has 0 spiro atoms. The largest absolute Gasteiger partial charge is 0.493 e. The fourth-order valence-corrected chi connectivity index (χ4v) is 4.56. The molecule has 2 heterocycles. The van der Waals surface area contributed by atoms with Crippen LogP contribution in [0.3, 0.4) is 0 Å². The van der Waals surface area contributed by atoms with E-state index < -0.39 is 11.9 Å². The van der Waals surface area contributed by atoms with E-state index in [1.165, 1.54) is 10.7 Å². The first-order valence-corrected chi connectivity index (χ1v) is 10.2. The Morgan fingerprint density at radius 2 is 1.91 bits per heavy atom. The van der Waals surface area contributed by atoms with E-state index in [0.29, 0.717) is 40.7 Å². The van der Waals surface area contributed by atoms with Crippen molar-refractivity contribution >= 4 is 17.7 Å². The van der Waals surface area contributed by atoms with Crippen LogP contribution in [0.2, 0.25) is 0 Å². The molecule has 3 aromatic rings. The first kappa shape index (κ1) is 20.0. The number of nitrogens with zero attached hydrogens (tertiary/aromatic N) is 3. The van der Waals surface area contributed by atoms with Crippen molar-refractivity contribution in [2.75, 3.05) is 25.3 Å². The molecule has 0 amide bonds. The number of halogens is 1. The van der Waals surface area contributed by atoms with Gasteiger partial charge in [-0.1, -0.05) is 24.3 Å². The number of nitrogens with one attached hydrogen (secondary N) is 1. The number of rotatable bonds is 4. The molecule has 3 N–H and O–H groups in total. The molecule has 0 unspecified atom stereocenters. The zero-order chi connectivity index (χ0) is 22.4. The summed E-state index contributed by atoms with van der Waals surface area (Å²) in [6.07, 6.45) is 0.828. The quantitative estimate of drug-likeness (QED) is 0.647. The van der Waals surface area contributed by atoms with Crippen LogP contribution < -0.4 is 20.5 Å². The number of carbonyl (C=O) groups is 1. The van der Waals surface area contributed by atoms with Gasteiger partial charge in [0, 0.05) is 23.3 Å². The molecule has 2 atom stereocenters. The molecule has 9 heteroatoms. The highest BCUT2D eigenvalue weighted by Gasteiger charge is 2.40. The van der Waals surface area contributed by atoms with Gasteiger partial charge in [0.05, 0.1) is 14.2 Å². The van der Waals surface area contributed by atoms with Crippen LogP contribution in [-0.2, 0) is 4.79 Å². The number of anilines is 2. The molecule has 2 aromatic carbocycles. The molecule has 164 valence electrons. The van der Waals surface area contributed by atoms with Crippen molar-refractivity contribution in [1.82, 2.24) is 14.8 Å². The number of ether oxygens (including phenoxy) is 2. The number of nitrogens with two attached hydrogens (primary N) is 1. The second-order valence-electron chi connectivity index (χ2n) is 7.82. The number of methoxy groups -OCH3 is 2. The zero-order valence-corrected chi connectivity index (χ0v) is 17.6. The molecule has 0 bridgehead atoms. The maximum Gasteiger partial charge on any atom is 0.241 e. The molecule has 0 saturated carbocycles. The summed E-state index contributed by atoms with van der Waals surface area (Å²) in [5, 5.41) is 7.44. The molecule has 1 aliphatic heterocycles. The third-order valence-corrected chi connectivity index (χ3v) is 6.02. The van der Waals surface area contributed by atoms with Crippen LogP contribution in [0.15, 0.2) is 53.7 Å². The van der Waals surface area contributed by atoms with E-state index in [9.17, 15) is 9.18 Å². The second kappa shape index (κ2) is 7.67. The molecule has 32 heavy (non-hydrogen) atoms. The van der Waals surface area contributed by atoms with Crippen molar-refractivity contribution in [1.29, 1.82) is 0 Å². The number of aromatic nitrogens is 3. The zero-order valence-electron chi connectivity index (χ0n) is 17.6. The predicted molar refractivity (Wildman–Crippen MR) is 116 cm³/mol. The number of hydrogen-bond acceptors (Lipinski definition) is 7. The minimum absolute atomic E-state index is 0.0533. The van der Waals surface area contributed by atoms with E-state index in [4.69, 9.17) is 15.2 Å². The Bertz CT molecular complexity index is 1250. The number of carbonyl (C=O) groups excluding carboxylic acids is 1. The van der Waals surface area contributed by atoms with E-state index in [2.05, 4.69) is 15.4 Å². The lowest BCUT2D eigenvalue weighted by atomic mass is 9.78. The predicted octanol–water partition coefficient (Wildman–Crippen LogP) is 3.43. The van der Waals surface area contributed by atoms with Crippen molar-refractivity contribution in [3.05, 3.63) is 70.7 Å². The van der Waals surface area contributed by atoms with Crippen molar-refractivity contribution in [2.45, 2.75) is 24.8 Å². The van der Waals surface area contributed by atoms with Gasteiger partial charge in [-0.2, -0.15) is 4.98 Å². The van der Waals surface area contributed by atoms with Crippen LogP contribution in [0.4, 0.5) is 16.3 Å². The van der Waals surface area contributed by atoms with Crippen molar-refractivity contribution < 1.29 is 18.7 Å². The minimum atomic E-state index is -0.730. The van der Waals surface area contributed by atoms with Gasteiger partial charge in [0.1, 0.15) is 11.9 Å². The SMILES string of the molecule is COc1ccc([C@@H]2CC(=O)C3=C(C2)Nc2nc(N)nn2[C@H]3c2ccccc2F)cc1OC. The highest BCUT2D eigenvalue weighted by atomic mass is 19.1. The Morgan fingerprint density at radius 1 is 1.12 bits per heavy atom. The van der Waals surface area contributed by atoms with Crippen molar-refractivity contribution in [3.8, 4) is 11.5 Å². The monoisotopic (exact) mass is 435 g/mol. The topological polar surface area (TPSA) is 104 Å². The van der Waals surface area contributed by atoms with Gasteiger partial charge in [-0.05, 0) is 36.1 Å². The van der Waals surface area contributed by atoms with Crippen LogP contribution in [-0.4, -0.2) is 34.8 Å². The van der Waals surface area contributed by atoms with E-state index >= 15 is 0 Å². The third-order valence-electron chi connectivity index (χ3n) is 6.02. The highest BCUT2D eigenvalue weighted by Crippen LogP contribution is 2.45. The molecule has 0 fully saturated rings. The molecular formula is C23H22FN5O3. The molecule has 8 nitrogen and oxygen atoms in total. The first-order chi connectivity index (χ1) is 15.5. The fourth-order valence-electron chi connectivity index (χ4n) is 4.56. The summed E-state index contributed by atoms with van der Waals surface area (Å²) in [7, 11) is 3.16. The number of hydrogen-bond donors (Lipinski definition) is 2. The third kappa shape index (κ3) is 3.17. The molecule has 0 radical (unpaired) electrons. The number of allylic oxidation sites excluding steroid dienone is 2. The average molecular weight is 435 g/mol. The Balaban J connectivity index is 1.59. The molecular weight excluding hydrogens is 413 g/mol. The Hall–Kier alpha value is -3.88. The van der Waals surface area contributed by atoms with E-state index in [0.717, 1.165) is 5.56 Å². The van der Waals surface area contributed by atoms with Gasteiger partial charge in [-0.3, -0.25) is 4.79 Å². The van der Waals surface area contributed by atoms with Crippen LogP contribution in [0.25, 0.3) is 0 Å². The normalized spacial score (nSPS) is 19.8. The van der Waals surface area contributed by atoms with Gasteiger partial charge in [-0.25, -0.2) is 9.07 Å². The van der Waals surface area contributed by atoms with Crippen LogP contribution in [0.5, 0.6) is 11.5 Å². The van der Waals surface area contributed by atoms with Crippen LogP contribution in [0.1, 0.15) is 35.9 Å². The van der Waals surface area contributed by atoms with E-state index in [1.54, 1.807) is 32.4 Å². The Labute approximate surface area is 183 Å². The van der Waals surface area contributed by atoms with Gasteiger partial charge < -0.3 is 20.5 Å². The summed E-state index contributed by atoms with van der Waals surface area (Å²) < 4.78 is 27.0. The standard InChI is InChI=1S/C23H22FN5O3/c1-31-18-8-7-12(11-19(18)32-2)13-9-16-20(17(30)10-13)21(14-5-3-4-6-15(14)24)29-23(26-16)27-22(25)28-29/h3-8,11,13,21H,9-10H2,1-2H3,(H3,25,26,27,28)/t13-,21-/m0/s1. The average Bonchev–Trinajstić information content (AvgIpc) is 3.17. The van der Waals surface area contributed by atoms with E-state index in [1.807, 2.05) is 18.2 Å². The Kier molecular flexibility index (Phi) is 4.80. The summed E-state index contributed by atoms with van der Waals surface area (Å²) >= 11 is 0. The molecule has 0 saturated heterocycles. The Morgan fingerprint density at radius 3 is 2.66 bits per heavy atom. The number of nitrogen functional groups attached to an aromatic ring is 1. The summed E-state index contributed by atoms with van der Waals surface area (Å²) in [5.74, 6) is 1.09. The van der Waals surface area contributed by atoms with Crippen LogP contribution in [0, 0.1) is 5.82 Å². The highest BCUT2D eigenvalue weighted by molar-refractivity contribution is 6.00. The fraction of sp³-hybridized carbons (Fsp3) is 0.261. The van der Waals surface area contributed by atoms with Gasteiger partial charge in [0.2, 0.25) is 11.9 Å². The summed E-state index contributed by atoms with van der Waals surface area (Å²) in [5.41, 5.74) is 8.33. The van der Waals surface area contributed by atoms with E-state index in [-0.39, 0.29) is 24.1 Å². The van der Waals surface area contributed by atoms with Gasteiger partial charge in [-0.15, -0.1) is 5.10 Å². The smallest absolute Gasteiger partial charge is 0.241 e. The molecule has 5 rings (SSSR count). The number of benzene rings is 2. The minimum Gasteiger partial charge on any atom is -0.493 e. The van der Waals surface area contributed by atoms with Crippen molar-refractivity contribution in [2.24, 2.45) is 0 Å². The molecule has 1 aliphatic carbocycles. The first-order valence-electron chi connectivity index (χ1n) is 10.2. The second-order valence-corrected chi connectivity index (χ2v) is 7.82. The lowest BCUT2D eigenvalue weighted by Crippen LogP contribution is -2.34. The van der Waals surface area contributed by atoms with Gasteiger partial charge >= 0.3 is 0 Å². The summed E-state index contributed by atoms with van der Waals surface area (Å²) in [6, 6.07) is 11.3. The molecule has 2 aliphatic rings. The van der Waals surface area contributed by atoms with Crippen LogP contribution >= 0.6 is 0 Å².